The van der Waals surface area contributed by atoms with Crippen LogP contribution in [-0.4, -0.2) is 5.54 Å². The number of hydrogen-bond acceptors (Lipinski definition) is 1. The molecule has 0 aromatic carbocycles. The predicted octanol–water partition coefficient (Wildman–Crippen LogP) is 2.22. The Morgan fingerprint density at radius 2 is 2.20 bits per heavy atom. The smallest absolute Gasteiger partial charge is 0.0131 e. The number of rotatable bonds is 0. The molecule has 0 heterocycles. The highest BCUT2D eigenvalue weighted by atomic mass is 14.7. The first-order valence-corrected chi connectivity index (χ1v) is 4.05. The van der Waals surface area contributed by atoms with Gasteiger partial charge >= 0.3 is 0 Å². The molecule has 0 aliphatic heterocycles. The van der Waals surface area contributed by atoms with Gasteiger partial charge in [-0.15, -0.1) is 0 Å². The van der Waals surface area contributed by atoms with E-state index in [0.29, 0.717) is 0 Å². The Labute approximate surface area is 63.3 Å². The van der Waals surface area contributed by atoms with E-state index >= 15 is 0 Å². The fourth-order valence-electron chi connectivity index (χ4n) is 1.36. The highest BCUT2D eigenvalue weighted by Crippen LogP contribution is 2.23. The second-order valence-electron chi connectivity index (χ2n) is 3.74. The third kappa shape index (κ3) is 2.14. The molecule has 0 bridgehead atoms. The molecule has 1 aliphatic rings. The molecule has 0 spiro atoms. The zero-order valence-electron chi connectivity index (χ0n) is 6.98. The molecule has 1 aliphatic carbocycles. The van der Waals surface area contributed by atoms with Crippen LogP contribution in [-0.2, 0) is 0 Å². The topological polar surface area (TPSA) is 26.0 Å². The summed E-state index contributed by atoms with van der Waals surface area (Å²) < 4.78 is 0. The van der Waals surface area contributed by atoms with Gasteiger partial charge in [-0.2, -0.15) is 0 Å². The van der Waals surface area contributed by atoms with Crippen molar-refractivity contribution in [3.63, 3.8) is 0 Å². The van der Waals surface area contributed by atoms with Crippen molar-refractivity contribution in [3.8, 4) is 0 Å². The van der Waals surface area contributed by atoms with E-state index in [0.717, 1.165) is 12.8 Å². The van der Waals surface area contributed by atoms with Crippen molar-refractivity contribution in [2.45, 2.75) is 45.1 Å². The Balaban J connectivity index is 2.52. The summed E-state index contributed by atoms with van der Waals surface area (Å²) in [6.45, 7) is 4.35. The van der Waals surface area contributed by atoms with Crippen molar-refractivity contribution in [3.05, 3.63) is 11.6 Å². The van der Waals surface area contributed by atoms with Gasteiger partial charge in [-0.25, -0.2) is 0 Å². The molecule has 10 heavy (non-hydrogen) atoms. The zero-order valence-corrected chi connectivity index (χ0v) is 6.98. The molecular weight excluding hydrogens is 122 g/mol. The maximum atomic E-state index is 6.01. The number of hydrogen-bond donors (Lipinski definition) is 1. The van der Waals surface area contributed by atoms with Crippen molar-refractivity contribution >= 4 is 0 Å². The maximum Gasteiger partial charge on any atom is 0.0131 e. The standard InChI is InChI=1S/C9H17N/c1-8-4-3-6-9(2,10)7-5-8/h4H,3,5-7,10H2,1-2H3. The molecular formula is C9H17N. The molecule has 0 aromatic heterocycles. The Kier molecular flexibility index (Phi) is 2.14. The van der Waals surface area contributed by atoms with Crippen LogP contribution in [0.5, 0.6) is 0 Å². The molecule has 0 saturated carbocycles. The highest BCUT2D eigenvalue weighted by Gasteiger charge is 2.18. The molecule has 1 nitrogen and oxygen atoms in total. The van der Waals surface area contributed by atoms with E-state index in [1.807, 2.05) is 0 Å². The van der Waals surface area contributed by atoms with Crippen molar-refractivity contribution in [1.29, 1.82) is 0 Å². The number of allylic oxidation sites excluding steroid dienone is 2. The molecule has 1 heteroatoms. The van der Waals surface area contributed by atoms with Gasteiger partial charge in [0, 0.05) is 5.54 Å². The first-order valence-electron chi connectivity index (χ1n) is 4.05. The van der Waals surface area contributed by atoms with Gasteiger partial charge < -0.3 is 5.73 Å². The zero-order chi connectivity index (χ0) is 7.61. The van der Waals surface area contributed by atoms with Gasteiger partial charge in [-0.05, 0) is 39.5 Å². The van der Waals surface area contributed by atoms with Crippen LogP contribution >= 0.6 is 0 Å². The van der Waals surface area contributed by atoms with E-state index in [1.165, 1.54) is 18.4 Å². The van der Waals surface area contributed by atoms with Crippen LogP contribution in [0.25, 0.3) is 0 Å². The summed E-state index contributed by atoms with van der Waals surface area (Å²) in [4.78, 5) is 0. The largest absolute Gasteiger partial charge is 0.325 e. The van der Waals surface area contributed by atoms with Gasteiger partial charge in [0.1, 0.15) is 0 Å². The number of nitrogens with two attached hydrogens (primary N) is 1. The minimum atomic E-state index is 0.0915. The van der Waals surface area contributed by atoms with E-state index in [1.54, 1.807) is 0 Å². The van der Waals surface area contributed by atoms with Gasteiger partial charge in [0.2, 0.25) is 0 Å². The lowest BCUT2D eigenvalue weighted by Crippen LogP contribution is -2.35. The summed E-state index contributed by atoms with van der Waals surface area (Å²) in [7, 11) is 0. The average molecular weight is 139 g/mol. The quantitative estimate of drug-likeness (QED) is 0.512. The highest BCUT2D eigenvalue weighted by molar-refractivity contribution is 5.03. The lowest BCUT2D eigenvalue weighted by atomic mass is 9.93. The van der Waals surface area contributed by atoms with E-state index in [9.17, 15) is 0 Å². The van der Waals surface area contributed by atoms with Gasteiger partial charge in [0.15, 0.2) is 0 Å². The summed E-state index contributed by atoms with van der Waals surface area (Å²) in [6.07, 6.45) is 6.96. The summed E-state index contributed by atoms with van der Waals surface area (Å²) in [5.74, 6) is 0. The fraction of sp³-hybridized carbons (Fsp3) is 0.778. The minimum Gasteiger partial charge on any atom is -0.325 e. The Morgan fingerprint density at radius 3 is 2.90 bits per heavy atom. The fourth-order valence-corrected chi connectivity index (χ4v) is 1.36. The molecule has 0 fully saturated rings. The Hall–Kier alpha value is -0.300. The summed E-state index contributed by atoms with van der Waals surface area (Å²) >= 11 is 0. The molecule has 0 amide bonds. The molecule has 0 saturated heterocycles. The van der Waals surface area contributed by atoms with Crippen LogP contribution in [0.4, 0.5) is 0 Å². The normalized spacial score (nSPS) is 34.9. The SMILES string of the molecule is CC1=CCCC(C)(N)CC1. The third-order valence-corrected chi connectivity index (χ3v) is 2.30. The second-order valence-corrected chi connectivity index (χ2v) is 3.74. The van der Waals surface area contributed by atoms with E-state index < -0.39 is 0 Å². The van der Waals surface area contributed by atoms with Crippen LogP contribution in [0.3, 0.4) is 0 Å². The molecule has 0 aromatic rings. The minimum absolute atomic E-state index is 0.0915. The van der Waals surface area contributed by atoms with Gasteiger partial charge in [0.25, 0.3) is 0 Å². The first-order chi connectivity index (χ1) is 4.60. The first kappa shape index (κ1) is 7.80. The van der Waals surface area contributed by atoms with Gasteiger partial charge in [-0.1, -0.05) is 11.6 Å². The van der Waals surface area contributed by atoms with E-state index in [4.69, 9.17) is 5.73 Å². The lowest BCUT2D eigenvalue weighted by Gasteiger charge is -2.21. The van der Waals surface area contributed by atoms with Crippen LogP contribution < -0.4 is 5.73 Å². The van der Waals surface area contributed by atoms with E-state index in [-0.39, 0.29) is 5.54 Å². The van der Waals surface area contributed by atoms with E-state index in [2.05, 4.69) is 19.9 Å². The predicted molar refractivity (Wildman–Crippen MR) is 44.8 cm³/mol. The molecule has 58 valence electrons. The summed E-state index contributed by atoms with van der Waals surface area (Å²) in [5, 5.41) is 0. The average Bonchev–Trinajstić information content (AvgIpc) is 1.94. The van der Waals surface area contributed by atoms with Crippen LogP contribution in [0.15, 0.2) is 11.6 Å². The van der Waals surface area contributed by atoms with Crippen LogP contribution in [0.2, 0.25) is 0 Å². The molecule has 0 radical (unpaired) electrons. The van der Waals surface area contributed by atoms with Crippen molar-refractivity contribution < 1.29 is 0 Å². The van der Waals surface area contributed by atoms with Gasteiger partial charge in [-0.3, -0.25) is 0 Å². The van der Waals surface area contributed by atoms with Crippen molar-refractivity contribution in [2.24, 2.45) is 5.73 Å². The monoisotopic (exact) mass is 139 g/mol. The second kappa shape index (κ2) is 2.75. The molecule has 2 N–H and O–H groups in total. The van der Waals surface area contributed by atoms with Gasteiger partial charge in [0.05, 0.1) is 0 Å². The Morgan fingerprint density at radius 1 is 1.50 bits per heavy atom. The summed E-state index contributed by atoms with van der Waals surface area (Å²) in [5.41, 5.74) is 7.61. The van der Waals surface area contributed by atoms with Crippen LogP contribution in [0.1, 0.15) is 39.5 Å². The third-order valence-electron chi connectivity index (χ3n) is 2.30. The maximum absolute atomic E-state index is 6.01. The molecule has 1 unspecified atom stereocenters. The van der Waals surface area contributed by atoms with Crippen molar-refractivity contribution in [2.75, 3.05) is 0 Å². The van der Waals surface area contributed by atoms with Crippen LogP contribution in [0, 0.1) is 0 Å². The Bertz CT molecular complexity index is 145. The molecule has 1 rings (SSSR count). The summed E-state index contributed by atoms with van der Waals surface area (Å²) in [6, 6.07) is 0. The lowest BCUT2D eigenvalue weighted by molar-refractivity contribution is 0.413. The van der Waals surface area contributed by atoms with Crippen molar-refractivity contribution in [1.82, 2.24) is 0 Å². The molecule has 1 atom stereocenters.